The number of nitrogens with zero attached hydrogens (tertiary/aromatic N) is 1. The molecule has 0 fully saturated rings. The second kappa shape index (κ2) is 4.79. The fourth-order valence-electron chi connectivity index (χ4n) is 0.742. The van der Waals surface area contributed by atoms with E-state index in [0.717, 1.165) is 17.7 Å². The molecule has 0 unspecified atom stereocenters. The van der Waals surface area contributed by atoms with E-state index in [1.165, 1.54) is 0 Å². The Kier molecular flexibility index (Phi) is 3.63. The molecule has 0 radical (unpaired) electrons. The van der Waals surface area contributed by atoms with Gasteiger partial charge in [-0.2, -0.15) is 0 Å². The Balaban J connectivity index is 2.66. The molecule has 2 heteroatoms. The van der Waals surface area contributed by atoms with Crippen LogP contribution in [0.3, 0.4) is 0 Å². The lowest BCUT2D eigenvalue weighted by atomic mass is 10.3. The Morgan fingerprint density at radius 1 is 1.50 bits per heavy atom. The number of pyridine rings is 1. The van der Waals surface area contributed by atoms with Crippen LogP contribution in [0.25, 0.3) is 0 Å². The lowest BCUT2D eigenvalue weighted by Crippen LogP contribution is -1.82. The van der Waals surface area contributed by atoms with Crippen LogP contribution in [0.1, 0.15) is 17.7 Å². The molecule has 1 aromatic rings. The quantitative estimate of drug-likeness (QED) is 0.477. The van der Waals surface area contributed by atoms with Gasteiger partial charge in [-0.05, 0) is 24.5 Å². The summed E-state index contributed by atoms with van der Waals surface area (Å²) in [5.41, 5.74) is 1.96. The Bertz CT molecular complexity index is 292. The standard InChI is InChI=1S/C10H10ClN/c1-9-5-6-10(12-8-9)4-2-3-7-11/h5-6,8H,3,7H2,1H3. The molecule has 12 heavy (non-hydrogen) atoms. The SMILES string of the molecule is Cc1ccc(C#CCCCl)nc1. The topological polar surface area (TPSA) is 12.9 Å². The molecule has 0 aliphatic heterocycles. The van der Waals surface area contributed by atoms with Gasteiger partial charge in [-0.15, -0.1) is 11.6 Å². The molecule has 62 valence electrons. The fraction of sp³-hybridized carbons (Fsp3) is 0.300. The van der Waals surface area contributed by atoms with Gasteiger partial charge in [0.15, 0.2) is 0 Å². The van der Waals surface area contributed by atoms with E-state index in [0.29, 0.717) is 5.88 Å². The highest BCUT2D eigenvalue weighted by atomic mass is 35.5. The minimum atomic E-state index is 0.582. The average molecular weight is 180 g/mol. The molecular weight excluding hydrogens is 170 g/mol. The molecule has 0 saturated carbocycles. The molecule has 0 N–H and O–H groups in total. The minimum Gasteiger partial charge on any atom is -0.248 e. The predicted octanol–water partition coefficient (Wildman–Crippen LogP) is 2.37. The third-order valence-corrected chi connectivity index (χ3v) is 1.54. The van der Waals surface area contributed by atoms with Crippen LogP contribution in [0.5, 0.6) is 0 Å². The average Bonchev–Trinajstić information content (AvgIpc) is 2.09. The summed E-state index contributed by atoms with van der Waals surface area (Å²) < 4.78 is 0. The van der Waals surface area contributed by atoms with E-state index in [4.69, 9.17) is 11.6 Å². The van der Waals surface area contributed by atoms with Gasteiger partial charge in [-0.25, -0.2) is 4.98 Å². The summed E-state index contributed by atoms with van der Waals surface area (Å²) in [6.45, 7) is 2.00. The smallest absolute Gasteiger partial charge is 0.113 e. The monoisotopic (exact) mass is 179 g/mol. The van der Waals surface area contributed by atoms with Crippen LogP contribution in [0.2, 0.25) is 0 Å². The van der Waals surface area contributed by atoms with Gasteiger partial charge < -0.3 is 0 Å². The molecule has 0 saturated heterocycles. The number of hydrogen-bond donors (Lipinski definition) is 0. The largest absolute Gasteiger partial charge is 0.248 e. The zero-order valence-electron chi connectivity index (χ0n) is 6.97. The molecule has 0 aliphatic carbocycles. The van der Waals surface area contributed by atoms with Crippen LogP contribution >= 0.6 is 11.6 Å². The third-order valence-electron chi connectivity index (χ3n) is 1.35. The van der Waals surface area contributed by atoms with Crippen LogP contribution in [0.15, 0.2) is 18.3 Å². The van der Waals surface area contributed by atoms with Crippen LogP contribution in [0, 0.1) is 18.8 Å². The molecule has 0 bridgehead atoms. The summed E-state index contributed by atoms with van der Waals surface area (Å²) >= 11 is 5.47. The van der Waals surface area contributed by atoms with Crippen molar-refractivity contribution in [3.05, 3.63) is 29.6 Å². The normalized spacial score (nSPS) is 8.83. The first kappa shape index (κ1) is 9.09. The van der Waals surface area contributed by atoms with E-state index >= 15 is 0 Å². The zero-order valence-corrected chi connectivity index (χ0v) is 7.73. The van der Waals surface area contributed by atoms with Crippen molar-refractivity contribution in [2.75, 3.05) is 5.88 Å². The molecule has 1 heterocycles. The maximum Gasteiger partial charge on any atom is 0.113 e. The summed E-state index contributed by atoms with van der Waals surface area (Å²) in [4.78, 5) is 4.13. The van der Waals surface area contributed by atoms with Crippen molar-refractivity contribution in [2.24, 2.45) is 0 Å². The second-order valence-electron chi connectivity index (χ2n) is 2.46. The van der Waals surface area contributed by atoms with E-state index in [-0.39, 0.29) is 0 Å². The highest BCUT2D eigenvalue weighted by Crippen LogP contribution is 1.96. The molecular formula is C10H10ClN. The summed E-state index contributed by atoms with van der Waals surface area (Å²) in [5.74, 6) is 6.44. The third kappa shape index (κ3) is 2.94. The van der Waals surface area contributed by atoms with Crippen molar-refractivity contribution in [3.8, 4) is 11.8 Å². The molecule has 0 aliphatic rings. The number of hydrogen-bond acceptors (Lipinski definition) is 1. The Morgan fingerprint density at radius 3 is 2.92 bits per heavy atom. The summed E-state index contributed by atoms with van der Waals surface area (Å²) in [6.07, 6.45) is 2.53. The first-order chi connectivity index (χ1) is 5.83. The van der Waals surface area contributed by atoms with Gasteiger partial charge >= 0.3 is 0 Å². The second-order valence-corrected chi connectivity index (χ2v) is 2.84. The number of aryl methyl sites for hydroxylation is 1. The maximum atomic E-state index is 5.47. The van der Waals surface area contributed by atoms with Crippen molar-refractivity contribution in [1.29, 1.82) is 0 Å². The molecule has 0 atom stereocenters. The van der Waals surface area contributed by atoms with E-state index in [9.17, 15) is 0 Å². The molecule has 0 spiro atoms. The van der Waals surface area contributed by atoms with E-state index in [2.05, 4.69) is 16.8 Å². The van der Waals surface area contributed by atoms with E-state index < -0.39 is 0 Å². The predicted molar refractivity (Wildman–Crippen MR) is 51.2 cm³/mol. The number of alkyl halides is 1. The Labute approximate surface area is 77.8 Å². The summed E-state index contributed by atoms with van der Waals surface area (Å²) in [7, 11) is 0. The first-order valence-electron chi connectivity index (χ1n) is 3.80. The molecule has 1 rings (SSSR count). The lowest BCUT2D eigenvalue weighted by molar-refractivity contribution is 1.23. The van der Waals surface area contributed by atoms with Crippen LogP contribution < -0.4 is 0 Å². The van der Waals surface area contributed by atoms with Crippen molar-refractivity contribution >= 4 is 11.6 Å². The lowest BCUT2D eigenvalue weighted by Gasteiger charge is -1.90. The van der Waals surface area contributed by atoms with Crippen LogP contribution in [-0.2, 0) is 0 Å². The molecule has 0 amide bonds. The minimum absolute atomic E-state index is 0.582. The van der Waals surface area contributed by atoms with Crippen molar-refractivity contribution in [2.45, 2.75) is 13.3 Å². The Hall–Kier alpha value is -1.000. The fourth-order valence-corrected chi connectivity index (χ4v) is 0.837. The maximum absolute atomic E-state index is 5.47. The summed E-state index contributed by atoms with van der Waals surface area (Å²) in [6, 6.07) is 3.91. The summed E-state index contributed by atoms with van der Waals surface area (Å²) in [5, 5.41) is 0. The van der Waals surface area contributed by atoms with Gasteiger partial charge in [0.1, 0.15) is 5.69 Å². The van der Waals surface area contributed by atoms with Gasteiger partial charge in [-0.3, -0.25) is 0 Å². The first-order valence-corrected chi connectivity index (χ1v) is 4.34. The zero-order chi connectivity index (χ0) is 8.81. The van der Waals surface area contributed by atoms with Gasteiger partial charge in [0.25, 0.3) is 0 Å². The number of halogens is 1. The van der Waals surface area contributed by atoms with Crippen LogP contribution in [0.4, 0.5) is 0 Å². The van der Waals surface area contributed by atoms with Gasteiger partial charge in [0, 0.05) is 18.5 Å². The van der Waals surface area contributed by atoms with E-state index in [1.807, 2.05) is 25.3 Å². The highest BCUT2D eigenvalue weighted by molar-refractivity contribution is 6.18. The van der Waals surface area contributed by atoms with Crippen molar-refractivity contribution < 1.29 is 0 Å². The number of aromatic nitrogens is 1. The van der Waals surface area contributed by atoms with Gasteiger partial charge in [-0.1, -0.05) is 12.0 Å². The van der Waals surface area contributed by atoms with Gasteiger partial charge in [0.05, 0.1) is 0 Å². The van der Waals surface area contributed by atoms with Crippen molar-refractivity contribution in [3.63, 3.8) is 0 Å². The molecule has 1 aromatic heterocycles. The number of rotatable bonds is 1. The van der Waals surface area contributed by atoms with Crippen LogP contribution in [-0.4, -0.2) is 10.9 Å². The molecule has 1 nitrogen and oxygen atoms in total. The molecule has 0 aromatic carbocycles. The van der Waals surface area contributed by atoms with E-state index in [1.54, 1.807) is 0 Å². The van der Waals surface area contributed by atoms with Crippen molar-refractivity contribution in [1.82, 2.24) is 4.98 Å². The van der Waals surface area contributed by atoms with Gasteiger partial charge in [0.2, 0.25) is 0 Å². The highest BCUT2D eigenvalue weighted by Gasteiger charge is 1.86. The Morgan fingerprint density at radius 2 is 2.33 bits per heavy atom.